The van der Waals surface area contributed by atoms with Gasteiger partial charge in [0.15, 0.2) is 5.75 Å². The standard InChI is InChI=1S/C21H15Cl2FN4O2/c1-10-17-18(14(8-25)20(26)30-21(17)28-27-10)12-6-15(22)19(16(23)7-12)29-9-11-3-2-4-13(24)5-11/h2-7,18H,9,26H2,1H3,(H,27,28)/t18-/m1/s1. The van der Waals surface area contributed by atoms with Crippen LogP contribution >= 0.6 is 23.2 Å². The Hall–Kier alpha value is -3.21. The molecule has 0 unspecified atom stereocenters. The van der Waals surface area contributed by atoms with E-state index in [-0.39, 0.29) is 39.7 Å². The number of nitrogens with two attached hydrogens (primary N) is 1. The molecule has 2 aromatic carbocycles. The number of nitrogens with one attached hydrogen (secondary N) is 1. The van der Waals surface area contributed by atoms with Crippen LogP contribution in [0.15, 0.2) is 47.9 Å². The molecule has 0 fully saturated rings. The van der Waals surface area contributed by atoms with Crippen molar-refractivity contribution in [3.63, 3.8) is 0 Å². The van der Waals surface area contributed by atoms with E-state index in [9.17, 15) is 9.65 Å². The fraction of sp³-hybridized carbons (Fsp3) is 0.143. The highest BCUT2D eigenvalue weighted by molar-refractivity contribution is 6.37. The smallest absolute Gasteiger partial charge is 0.244 e. The molecule has 0 amide bonds. The Morgan fingerprint density at radius 2 is 2.03 bits per heavy atom. The van der Waals surface area contributed by atoms with Gasteiger partial charge >= 0.3 is 0 Å². The Balaban J connectivity index is 1.71. The van der Waals surface area contributed by atoms with Crippen LogP contribution in [0, 0.1) is 24.1 Å². The largest absolute Gasteiger partial charge is 0.486 e. The van der Waals surface area contributed by atoms with E-state index in [1.807, 2.05) is 6.92 Å². The molecule has 0 aliphatic carbocycles. The Labute approximate surface area is 181 Å². The summed E-state index contributed by atoms with van der Waals surface area (Å²) in [6.45, 7) is 1.91. The number of benzene rings is 2. The highest BCUT2D eigenvalue weighted by atomic mass is 35.5. The first kappa shape index (κ1) is 20.1. The Kier molecular flexibility index (Phi) is 5.29. The van der Waals surface area contributed by atoms with Crippen molar-refractivity contribution in [2.24, 2.45) is 5.73 Å². The maximum Gasteiger partial charge on any atom is 0.244 e. The number of aryl methyl sites for hydroxylation is 1. The fourth-order valence-electron chi connectivity index (χ4n) is 3.40. The summed E-state index contributed by atoms with van der Waals surface area (Å²) in [7, 11) is 0. The molecule has 1 aliphatic heterocycles. The monoisotopic (exact) mass is 444 g/mol. The van der Waals surface area contributed by atoms with E-state index in [1.165, 1.54) is 12.1 Å². The molecule has 3 N–H and O–H groups in total. The lowest BCUT2D eigenvalue weighted by molar-refractivity contribution is 0.306. The molecule has 0 saturated heterocycles. The van der Waals surface area contributed by atoms with Crippen LogP contribution in [0.2, 0.25) is 10.0 Å². The lowest BCUT2D eigenvalue weighted by Crippen LogP contribution is -2.21. The molecule has 152 valence electrons. The van der Waals surface area contributed by atoms with Crippen molar-refractivity contribution in [1.82, 2.24) is 10.2 Å². The molecular weight excluding hydrogens is 430 g/mol. The SMILES string of the molecule is Cc1[nH]nc2c1[C@H](c1cc(Cl)c(OCc3cccc(F)c3)c(Cl)c1)C(C#N)=C(N)O2. The number of aromatic nitrogens is 2. The first-order chi connectivity index (χ1) is 14.4. The number of hydrogen-bond acceptors (Lipinski definition) is 5. The van der Waals surface area contributed by atoms with Crippen LogP contribution in [0.1, 0.15) is 28.3 Å². The van der Waals surface area contributed by atoms with E-state index in [1.54, 1.807) is 24.3 Å². The third-order valence-corrected chi connectivity index (χ3v) is 5.32. The molecule has 0 spiro atoms. The van der Waals surface area contributed by atoms with Crippen LogP contribution in [0.25, 0.3) is 0 Å². The number of allylic oxidation sites excluding steroid dienone is 1. The normalized spacial score (nSPS) is 15.4. The van der Waals surface area contributed by atoms with Gasteiger partial charge in [0.25, 0.3) is 0 Å². The van der Waals surface area contributed by atoms with E-state index in [4.69, 9.17) is 38.4 Å². The van der Waals surface area contributed by atoms with Gasteiger partial charge < -0.3 is 15.2 Å². The quantitative estimate of drug-likeness (QED) is 0.592. The molecule has 0 radical (unpaired) electrons. The zero-order valence-electron chi connectivity index (χ0n) is 15.7. The summed E-state index contributed by atoms with van der Waals surface area (Å²) in [6.07, 6.45) is 0. The van der Waals surface area contributed by atoms with E-state index in [2.05, 4.69) is 16.3 Å². The molecule has 1 atom stereocenters. The van der Waals surface area contributed by atoms with Crippen molar-refractivity contribution in [2.75, 3.05) is 0 Å². The van der Waals surface area contributed by atoms with Crippen molar-refractivity contribution in [3.05, 3.63) is 86.1 Å². The number of fused-ring (bicyclic) bond motifs is 1. The van der Waals surface area contributed by atoms with Crippen LogP contribution in [0.3, 0.4) is 0 Å². The van der Waals surface area contributed by atoms with Gasteiger partial charge in [0.2, 0.25) is 11.8 Å². The van der Waals surface area contributed by atoms with Gasteiger partial charge in [-0.15, -0.1) is 5.10 Å². The second kappa shape index (κ2) is 7.90. The minimum Gasteiger partial charge on any atom is -0.486 e. The minimum atomic E-state index is -0.551. The number of halogens is 3. The van der Waals surface area contributed by atoms with E-state index in [0.29, 0.717) is 22.6 Å². The molecule has 6 nitrogen and oxygen atoms in total. The summed E-state index contributed by atoms with van der Waals surface area (Å²) < 4.78 is 24.6. The predicted octanol–water partition coefficient (Wildman–Crippen LogP) is 4.96. The first-order valence-corrected chi connectivity index (χ1v) is 9.63. The Bertz CT molecular complexity index is 1190. The molecule has 1 aromatic heterocycles. The Morgan fingerprint density at radius 3 is 2.70 bits per heavy atom. The Morgan fingerprint density at radius 1 is 1.30 bits per heavy atom. The first-order valence-electron chi connectivity index (χ1n) is 8.87. The maximum atomic E-state index is 13.4. The number of ether oxygens (including phenoxy) is 2. The van der Waals surface area contributed by atoms with Crippen LogP contribution in [-0.4, -0.2) is 10.2 Å². The van der Waals surface area contributed by atoms with Crippen LogP contribution in [-0.2, 0) is 6.61 Å². The summed E-state index contributed by atoms with van der Waals surface area (Å²) >= 11 is 12.9. The van der Waals surface area contributed by atoms with E-state index < -0.39 is 5.92 Å². The van der Waals surface area contributed by atoms with Gasteiger partial charge in [-0.05, 0) is 42.3 Å². The second-order valence-electron chi connectivity index (χ2n) is 6.72. The van der Waals surface area contributed by atoms with E-state index >= 15 is 0 Å². The second-order valence-corrected chi connectivity index (χ2v) is 7.54. The summed E-state index contributed by atoms with van der Waals surface area (Å²) in [5.74, 6) is -0.376. The summed E-state index contributed by atoms with van der Waals surface area (Å²) in [5, 5.41) is 17.1. The number of H-pyrrole nitrogens is 1. The average molecular weight is 445 g/mol. The minimum absolute atomic E-state index is 0.0276. The molecule has 4 rings (SSSR count). The summed E-state index contributed by atoms with van der Waals surface area (Å²) in [5.41, 5.74) is 8.84. The van der Waals surface area contributed by atoms with Crippen LogP contribution in [0.5, 0.6) is 11.6 Å². The predicted molar refractivity (Wildman–Crippen MR) is 110 cm³/mol. The molecular formula is C21H15Cl2FN4O2. The number of rotatable bonds is 4. The van der Waals surface area contributed by atoms with Gasteiger partial charge in [-0.1, -0.05) is 35.3 Å². The van der Waals surface area contributed by atoms with Gasteiger partial charge in [-0.25, -0.2) is 4.39 Å². The lowest BCUT2D eigenvalue weighted by Gasteiger charge is -2.24. The van der Waals surface area contributed by atoms with Gasteiger partial charge in [0.1, 0.15) is 24.1 Å². The number of aromatic amines is 1. The van der Waals surface area contributed by atoms with Crippen molar-refractivity contribution in [1.29, 1.82) is 5.26 Å². The fourth-order valence-corrected chi connectivity index (χ4v) is 4.01. The molecule has 1 aliphatic rings. The zero-order valence-corrected chi connectivity index (χ0v) is 17.2. The summed E-state index contributed by atoms with van der Waals surface area (Å²) in [6, 6.07) is 11.5. The third-order valence-electron chi connectivity index (χ3n) is 4.76. The van der Waals surface area contributed by atoms with Gasteiger partial charge in [-0.2, -0.15) is 5.26 Å². The van der Waals surface area contributed by atoms with Gasteiger partial charge in [0, 0.05) is 11.3 Å². The maximum absolute atomic E-state index is 13.4. The number of nitrogens with zero attached hydrogens (tertiary/aromatic N) is 2. The molecule has 0 saturated carbocycles. The zero-order chi connectivity index (χ0) is 21.4. The van der Waals surface area contributed by atoms with Crippen molar-refractivity contribution < 1.29 is 13.9 Å². The van der Waals surface area contributed by atoms with Crippen molar-refractivity contribution in [3.8, 4) is 17.7 Å². The van der Waals surface area contributed by atoms with Crippen molar-refractivity contribution in [2.45, 2.75) is 19.4 Å². The van der Waals surface area contributed by atoms with Gasteiger partial charge in [0.05, 0.1) is 16.0 Å². The van der Waals surface area contributed by atoms with Gasteiger partial charge in [-0.3, -0.25) is 5.10 Å². The molecule has 30 heavy (non-hydrogen) atoms. The lowest BCUT2D eigenvalue weighted by atomic mass is 9.84. The highest BCUT2D eigenvalue weighted by Gasteiger charge is 2.35. The highest BCUT2D eigenvalue weighted by Crippen LogP contribution is 2.45. The van der Waals surface area contributed by atoms with Crippen LogP contribution < -0.4 is 15.2 Å². The van der Waals surface area contributed by atoms with Crippen LogP contribution in [0.4, 0.5) is 4.39 Å². The molecule has 9 heteroatoms. The summed E-state index contributed by atoms with van der Waals surface area (Å²) in [4.78, 5) is 0. The topological polar surface area (TPSA) is 97.0 Å². The molecule has 0 bridgehead atoms. The third kappa shape index (κ3) is 3.56. The molecule has 3 aromatic rings. The number of nitriles is 1. The van der Waals surface area contributed by atoms with Crippen molar-refractivity contribution >= 4 is 23.2 Å². The number of hydrogen-bond donors (Lipinski definition) is 2. The van der Waals surface area contributed by atoms with E-state index in [0.717, 1.165) is 5.69 Å². The average Bonchev–Trinajstić information content (AvgIpc) is 3.06. The molecule has 2 heterocycles.